The van der Waals surface area contributed by atoms with Crippen molar-refractivity contribution in [2.24, 2.45) is 0 Å². The molecule has 0 unspecified atom stereocenters. The molecule has 156 valence electrons. The molecule has 1 aromatic carbocycles. The highest BCUT2D eigenvalue weighted by Crippen LogP contribution is 2.19. The first kappa shape index (κ1) is 20.2. The number of hydrogen-bond acceptors (Lipinski definition) is 5. The molecular formula is C21H29ClN6O. The summed E-state index contributed by atoms with van der Waals surface area (Å²) in [6.45, 7) is 9.81. The SMILES string of the molecule is O=C(CN1CCN(CCn2ccnc2)CC1)N1CCN(c2ccc(Cl)cc2)CC1. The van der Waals surface area contributed by atoms with E-state index in [1.54, 1.807) is 0 Å². The van der Waals surface area contributed by atoms with Gasteiger partial charge in [-0.1, -0.05) is 11.6 Å². The summed E-state index contributed by atoms with van der Waals surface area (Å²) >= 11 is 5.98. The van der Waals surface area contributed by atoms with Crippen LogP contribution in [-0.4, -0.2) is 95.6 Å². The van der Waals surface area contributed by atoms with Gasteiger partial charge in [-0.05, 0) is 24.3 Å². The van der Waals surface area contributed by atoms with Crippen LogP contribution in [0.25, 0.3) is 0 Å². The highest BCUT2D eigenvalue weighted by molar-refractivity contribution is 6.30. The third kappa shape index (κ3) is 5.50. The molecule has 3 heterocycles. The first-order chi connectivity index (χ1) is 14.2. The van der Waals surface area contributed by atoms with Crippen molar-refractivity contribution in [3.05, 3.63) is 48.0 Å². The Hall–Kier alpha value is -2.09. The molecule has 1 amide bonds. The zero-order chi connectivity index (χ0) is 20.1. The minimum absolute atomic E-state index is 0.257. The summed E-state index contributed by atoms with van der Waals surface area (Å²) in [6, 6.07) is 7.94. The summed E-state index contributed by atoms with van der Waals surface area (Å²) < 4.78 is 2.11. The van der Waals surface area contributed by atoms with Gasteiger partial charge in [0.2, 0.25) is 5.91 Å². The van der Waals surface area contributed by atoms with Crippen molar-refractivity contribution in [1.29, 1.82) is 0 Å². The molecule has 0 aliphatic carbocycles. The van der Waals surface area contributed by atoms with Gasteiger partial charge in [-0.25, -0.2) is 4.98 Å². The number of halogens is 1. The number of nitrogens with zero attached hydrogens (tertiary/aromatic N) is 6. The summed E-state index contributed by atoms with van der Waals surface area (Å²) in [5.74, 6) is 0.257. The van der Waals surface area contributed by atoms with Crippen LogP contribution >= 0.6 is 11.6 Å². The lowest BCUT2D eigenvalue weighted by Crippen LogP contribution is -2.54. The van der Waals surface area contributed by atoms with Gasteiger partial charge in [-0.15, -0.1) is 0 Å². The topological polar surface area (TPSA) is 47.9 Å². The molecule has 0 spiro atoms. The molecule has 0 radical (unpaired) electrons. The summed E-state index contributed by atoms with van der Waals surface area (Å²) in [5, 5.41) is 0.754. The van der Waals surface area contributed by atoms with E-state index in [1.165, 1.54) is 5.69 Å². The fraction of sp³-hybridized carbons (Fsp3) is 0.524. The molecule has 29 heavy (non-hydrogen) atoms. The second-order valence-corrected chi connectivity index (χ2v) is 8.20. The molecule has 0 saturated carbocycles. The van der Waals surface area contributed by atoms with Gasteiger partial charge in [0.25, 0.3) is 0 Å². The average molecular weight is 417 g/mol. The molecule has 2 aromatic rings. The monoisotopic (exact) mass is 416 g/mol. The van der Waals surface area contributed by atoms with Crippen molar-refractivity contribution >= 4 is 23.2 Å². The zero-order valence-corrected chi connectivity index (χ0v) is 17.5. The van der Waals surface area contributed by atoms with Crippen LogP contribution in [0, 0.1) is 0 Å². The van der Waals surface area contributed by atoms with E-state index < -0.39 is 0 Å². The summed E-state index contributed by atoms with van der Waals surface area (Å²) in [6.07, 6.45) is 5.68. The van der Waals surface area contributed by atoms with Crippen LogP contribution in [0.1, 0.15) is 0 Å². The van der Waals surface area contributed by atoms with Gasteiger partial charge in [0.15, 0.2) is 0 Å². The molecule has 0 N–H and O–H groups in total. The number of benzene rings is 1. The Morgan fingerprint density at radius 2 is 1.59 bits per heavy atom. The van der Waals surface area contributed by atoms with Crippen LogP contribution in [0.4, 0.5) is 5.69 Å². The van der Waals surface area contributed by atoms with Crippen LogP contribution in [-0.2, 0) is 11.3 Å². The minimum Gasteiger partial charge on any atom is -0.368 e. The molecule has 1 aromatic heterocycles. The standard InChI is InChI=1S/C21H29ClN6O/c22-19-1-3-20(4-2-19)27-13-15-28(16-14-27)21(29)17-25-10-7-24(8-11-25)9-12-26-6-5-23-18-26/h1-6,18H,7-17H2. The Morgan fingerprint density at radius 3 is 2.24 bits per heavy atom. The molecule has 2 fully saturated rings. The quantitative estimate of drug-likeness (QED) is 0.714. The molecule has 2 aliphatic heterocycles. The van der Waals surface area contributed by atoms with E-state index in [-0.39, 0.29) is 5.91 Å². The van der Waals surface area contributed by atoms with Gasteiger partial charge in [0.05, 0.1) is 12.9 Å². The van der Waals surface area contributed by atoms with E-state index in [0.29, 0.717) is 6.54 Å². The van der Waals surface area contributed by atoms with Crippen molar-refractivity contribution in [3.63, 3.8) is 0 Å². The third-order valence-corrected chi connectivity index (χ3v) is 6.13. The van der Waals surface area contributed by atoms with Gasteiger partial charge in [0.1, 0.15) is 0 Å². The van der Waals surface area contributed by atoms with E-state index in [4.69, 9.17) is 11.6 Å². The smallest absolute Gasteiger partial charge is 0.236 e. The molecule has 2 saturated heterocycles. The van der Waals surface area contributed by atoms with E-state index in [9.17, 15) is 4.79 Å². The second-order valence-electron chi connectivity index (χ2n) is 7.76. The lowest BCUT2D eigenvalue weighted by atomic mass is 10.2. The lowest BCUT2D eigenvalue weighted by Gasteiger charge is -2.38. The molecule has 4 rings (SSSR count). The molecule has 8 heteroatoms. The molecule has 0 atom stereocenters. The summed E-state index contributed by atoms with van der Waals surface area (Å²) in [4.78, 5) is 25.9. The van der Waals surface area contributed by atoms with Gasteiger partial charge in [-0.2, -0.15) is 0 Å². The fourth-order valence-electron chi connectivity index (χ4n) is 4.00. The Labute approximate surface area is 177 Å². The summed E-state index contributed by atoms with van der Waals surface area (Å²) in [5.41, 5.74) is 1.17. The van der Waals surface area contributed by atoms with Crippen LogP contribution in [0.15, 0.2) is 43.0 Å². The fourth-order valence-corrected chi connectivity index (χ4v) is 4.13. The van der Waals surface area contributed by atoms with Crippen LogP contribution in [0.3, 0.4) is 0 Å². The van der Waals surface area contributed by atoms with Crippen LogP contribution in [0.2, 0.25) is 5.02 Å². The highest BCUT2D eigenvalue weighted by Gasteiger charge is 2.24. The van der Waals surface area contributed by atoms with Gasteiger partial charge in [0, 0.05) is 88.6 Å². The second kappa shape index (κ2) is 9.61. The zero-order valence-electron chi connectivity index (χ0n) is 16.8. The number of carbonyl (C=O) groups is 1. The first-order valence-electron chi connectivity index (χ1n) is 10.4. The number of piperazine rings is 2. The minimum atomic E-state index is 0.257. The maximum Gasteiger partial charge on any atom is 0.236 e. The molecule has 0 bridgehead atoms. The Balaban J connectivity index is 1.16. The van der Waals surface area contributed by atoms with E-state index in [2.05, 4.69) is 24.3 Å². The largest absolute Gasteiger partial charge is 0.368 e. The van der Waals surface area contributed by atoms with Crippen LogP contribution in [0.5, 0.6) is 0 Å². The summed E-state index contributed by atoms with van der Waals surface area (Å²) in [7, 11) is 0. The number of imidazole rings is 1. The normalized spacial score (nSPS) is 18.9. The maximum absolute atomic E-state index is 12.7. The van der Waals surface area contributed by atoms with Gasteiger partial charge in [-0.3, -0.25) is 14.6 Å². The lowest BCUT2D eigenvalue weighted by molar-refractivity contribution is -0.133. The number of amides is 1. The number of rotatable bonds is 6. The molecule has 7 nitrogen and oxygen atoms in total. The average Bonchev–Trinajstić information content (AvgIpc) is 3.28. The van der Waals surface area contributed by atoms with Gasteiger partial charge < -0.3 is 14.4 Å². The molecular weight excluding hydrogens is 388 g/mol. The number of carbonyl (C=O) groups excluding carboxylic acids is 1. The van der Waals surface area contributed by atoms with Crippen molar-refractivity contribution < 1.29 is 4.79 Å². The third-order valence-electron chi connectivity index (χ3n) is 5.88. The maximum atomic E-state index is 12.7. The van der Waals surface area contributed by atoms with Crippen molar-refractivity contribution in [1.82, 2.24) is 24.3 Å². The van der Waals surface area contributed by atoms with E-state index in [0.717, 1.165) is 70.5 Å². The van der Waals surface area contributed by atoms with Crippen molar-refractivity contribution in [3.8, 4) is 0 Å². The first-order valence-corrected chi connectivity index (χ1v) is 10.7. The van der Waals surface area contributed by atoms with Crippen molar-refractivity contribution in [2.45, 2.75) is 6.54 Å². The predicted octanol–water partition coefficient (Wildman–Crippen LogP) is 1.50. The van der Waals surface area contributed by atoms with Crippen LogP contribution < -0.4 is 4.90 Å². The van der Waals surface area contributed by atoms with E-state index in [1.807, 2.05) is 47.9 Å². The Morgan fingerprint density at radius 1 is 0.897 bits per heavy atom. The molecule has 2 aliphatic rings. The number of hydrogen-bond donors (Lipinski definition) is 0. The van der Waals surface area contributed by atoms with E-state index >= 15 is 0 Å². The number of anilines is 1. The van der Waals surface area contributed by atoms with Crippen molar-refractivity contribution in [2.75, 3.05) is 70.3 Å². The Bertz CT molecular complexity index is 765. The predicted molar refractivity (Wildman–Crippen MR) is 115 cm³/mol. The Kier molecular flexibility index (Phi) is 6.69. The number of aromatic nitrogens is 2. The highest BCUT2D eigenvalue weighted by atomic mass is 35.5. The van der Waals surface area contributed by atoms with Gasteiger partial charge >= 0.3 is 0 Å².